The van der Waals surface area contributed by atoms with Gasteiger partial charge in [-0.25, -0.2) is 0 Å². The molecule has 1 unspecified atom stereocenters. The number of hydrogen-bond donors (Lipinski definition) is 1. The van der Waals surface area contributed by atoms with Gasteiger partial charge in [-0.05, 0) is 7.05 Å². The van der Waals surface area contributed by atoms with Gasteiger partial charge in [0.25, 0.3) is 0 Å². The van der Waals surface area contributed by atoms with E-state index in [0.717, 1.165) is 13.1 Å². The molecule has 6 heteroatoms. The maximum absolute atomic E-state index is 11.5. The van der Waals surface area contributed by atoms with E-state index in [1.165, 1.54) is 4.90 Å². The summed E-state index contributed by atoms with van der Waals surface area (Å²) >= 11 is 0. The zero-order valence-electron chi connectivity index (χ0n) is 9.44. The summed E-state index contributed by atoms with van der Waals surface area (Å²) in [7, 11) is 2.01. The Morgan fingerprint density at radius 2 is 2.06 bits per heavy atom. The Kier molecular flexibility index (Phi) is 3.52. The zero-order valence-corrected chi connectivity index (χ0v) is 9.44. The molecule has 2 aliphatic rings. The predicted molar refractivity (Wildman–Crippen MR) is 56.8 cm³/mol. The van der Waals surface area contributed by atoms with Crippen molar-refractivity contribution in [3.63, 3.8) is 0 Å². The van der Waals surface area contributed by atoms with Crippen LogP contribution in [0.3, 0.4) is 0 Å². The highest BCUT2D eigenvalue weighted by atomic mass is 16.5. The molecule has 90 valence electrons. The average Bonchev–Trinajstić information content (AvgIpc) is 2.24. The largest absolute Gasteiger partial charge is 0.374 e. The maximum Gasteiger partial charge on any atom is 0.243 e. The molecule has 0 spiro atoms. The number of carbonyl (C=O) groups is 2. The van der Waals surface area contributed by atoms with E-state index in [0.29, 0.717) is 13.2 Å². The predicted octanol–water partition coefficient (Wildman–Crippen LogP) is -1.72. The van der Waals surface area contributed by atoms with Crippen LogP contribution >= 0.6 is 0 Å². The lowest BCUT2D eigenvalue weighted by molar-refractivity contribution is -0.150. The molecule has 0 aromatic carbocycles. The van der Waals surface area contributed by atoms with Crippen LogP contribution in [0.5, 0.6) is 0 Å². The molecule has 6 nitrogen and oxygen atoms in total. The number of imide groups is 1. The van der Waals surface area contributed by atoms with E-state index < -0.39 is 0 Å². The fourth-order valence-corrected chi connectivity index (χ4v) is 1.99. The highest BCUT2D eigenvalue weighted by Crippen LogP contribution is 2.07. The number of likely N-dealkylation sites (N-methyl/N-ethyl adjacent to an activating group) is 1. The summed E-state index contributed by atoms with van der Waals surface area (Å²) in [5.41, 5.74) is 0. The first-order valence-electron chi connectivity index (χ1n) is 5.51. The van der Waals surface area contributed by atoms with Gasteiger partial charge in [0.15, 0.2) is 0 Å². The molecule has 2 aliphatic heterocycles. The molecule has 16 heavy (non-hydrogen) atoms. The highest BCUT2D eigenvalue weighted by molar-refractivity contribution is 5.99. The molecule has 0 saturated carbocycles. The number of hydrogen-bond acceptors (Lipinski definition) is 5. The first-order valence-corrected chi connectivity index (χ1v) is 5.51. The lowest BCUT2D eigenvalue weighted by atomic mass is 10.2. The van der Waals surface area contributed by atoms with Crippen molar-refractivity contribution in [1.82, 2.24) is 15.1 Å². The average molecular weight is 227 g/mol. The van der Waals surface area contributed by atoms with Crippen molar-refractivity contribution in [2.24, 2.45) is 0 Å². The molecule has 0 aliphatic carbocycles. The number of ether oxygens (including phenoxy) is 1. The third kappa shape index (κ3) is 2.58. The van der Waals surface area contributed by atoms with Gasteiger partial charge >= 0.3 is 0 Å². The number of morpholine rings is 1. The second kappa shape index (κ2) is 4.90. The van der Waals surface area contributed by atoms with Gasteiger partial charge in [-0.2, -0.15) is 0 Å². The monoisotopic (exact) mass is 227 g/mol. The molecular weight excluding hydrogens is 210 g/mol. The van der Waals surface area contributed by atoms with Crippen LogP contribution in [-0.4, -0.2) is 74.1 Å². The van der Waals surface area contributed by atoms with Gasteiger partial charge in [0, 0.05) is 13.1 Å². The third-order valence-corrected chi connectivity index (χ3v) is 2.88. The molecule has 0 bridgehead atoms. The summed E-state index contributed by atoms with van der Waals surface area (Å²) in [6.07, 6.45) is -0.0512. The van der Waals surface area contributed by atoms with Gasteiger partial charge < -0.3 is 9.64 Å². The van der Waals surface area contributed by atoms with Crippen LogP contribution in [0.4, 0.5) is 0 Å². The second-order valence-electron chi connectivity index (χ2n) is 4.26. The lowest BCUT2D eigenvalue weighted by Gasteiger charge is -2.34. The fraction of sp³-hybridized carbons (Fsp3) is 0.800. The Balaban J connectivity index is 1.91. The van der Waals surface area contributed by atoms with Gasteiger partial charge in [-0.3, -0.25) is 19.8 Å². The van der Waals surface area contributed by atoms with Gasteiger partial charge in [-0.1, -0.05) is 0 Å². The van der Waals surface area contributed by atoms with Crippen molar-refractivity contribution in [3.8, 4) is 0 Å². The fourth-order valence-electron chi connectivity index (χ4n) is 1.99. The quantitative estimate of drug-likeness (QED) is 0.568. The minimum Gasteiger partial charge on any atom is -0.374 e. The van der Waals surface area contributed by atoms with Crippen LogP contribution in [-0.2, 0) is 14.3 Å². The standard InChI is InChI=1S/C10H17N3O3/c1-12-2-3-16-8(6-12)7-13-9(14)4-11-5-10(13)15/h8,11H,2-7H2,1H3. The summed E-state index contributed by atoms with van der Waals surface area (Å²) in [6.45, 7) is 3.20. The number of piperazine rings is 1. The number of carbonyl (C=O) groups excluding carboxylic acids is 2. The first-order chi connectivity index (χ1) is 7.66. The maximum atomic E-state index is 11.5. The van der Waals surface area contributed by atoms with Crippen molar-refractivity contribution in [3.05, 3.63) is 0 Å². The topological polar surface area (TPSA) is 61.9 Å². The van der Waals surface area contributed by atoms with Crippen molar-refractivity contribution >= 4 is 11.8 Å². The molecule has 0 aromatic rings. The Labute approximate surface area is 94.5 Å². The normalized spacial score (nSPS) is 28.6. The molecule has 2 fully saturated rings. The number of nitrogens with one attached hydrogen (secondary N) is 1. The summed E-state index contributed by atoms with van der Waals surface area (Å²) in [5.74, 6) is -0.318. The molecule has 1 N–H and O–H groups in total. The van der Waals surface area contributed by atoms with Crippen LogP contribution in [0.25, 0.3) is 0 Å². The van der Waals surface area contributed by atoms with Crippen LogP contribution in [0.1, 0.15) is 0 Å². The van der Waals surface area contributed by atoms with E-state index in [9.17, 15) is 9.59 Å². The van der Waals surface area contributed by atoms with E-state index in [4.69, 9.17) is 4.74 Å². The van der Waals surface area contributed by atoms with Gasteiger partial charge in [-0.15, -0.1) is 0 Å². The lowest BCUT2D eigenvalue weighted by Crippen LogP contribution is -2.56. The van der Waals surface area contributed by atoms with Gasteiger partial charge in [0.1, 0.15) is 0 Å². The van der Waals surface area contributed by atoms with E-state index in [-0.39, 0.29) is 31.0 Å². The Morgan fingerprint density at radius 3 is 2.69 bits per heavy atom. The van der Waals surface area contributed by atoms with Crippen molar-refractivity contribution in [2.75, 3.05) is 46.4 Å². The molecule has 1 atom stereocenters. The zero-order chi connectivity index (χ0) is 11.5. The SMILES string of the molecule is CN1CCOC(CN2C(=O)CNCC2=O)C1. The third-order valence-electron chi connectivity index (χ3n) is 2.88. The number of nitrogens with zero attached hydrogens (tertiary/aromatic N) is 2. The van der Waals surface area contributed by atoms with E-state index in [1.54, 1.807) is 0 Å². The van der Waals surface area contributed by atoms with Crippen molar-refractivity contribution in [1.29, 1.82) is 0 Å². The van der Waals surface area contributed by atoms with Crippen molar-refractivity contribution < 1.29 is 14.3 Å². The summed E-state index contributed by atoms with van der Waals surface area (Å²) in [6, 6.07) is 0. The van der Waals surface area contributed by atoms with Crippen LogP contribution in [0.2, 0.25) is 0 Å². The second-order valence-corrected chi connectivity index (χ2v) is 4.26. The Morgan fingerprint density at radius 1 is 1.38 bits per heavy atom. The summed E-state index contributed by atoms with van der Waals surface area (Å²) < 4.78 is 5.54. The van der Waals surface area contributed by atoms with E-state index >= 15 is 0 Å². The molecule has 2 rings (SSSR count). The molecule has 2 amide bonds. The summed E-state index contributed by atoms with van der Waals surface area (Å²) in [5, 5.41) is 2.77. The number of amides is 2. The smallest absolute Gasteiger partial charge is 0.243 e. The van der Waals surface area contributed by atoms with Crippen molar-refractivity contribution in [2.45, 2.75) is 6.10 Å². The summed E-state index contributed by atoms with van der Waals surface area (Å²) in [4.78, 5) is 26.5. The van der Waals surface area contributed by atoms with E-state index in [1.807, 2.05) is 7.05 Å². The minimum absolute atomic E-state index is 0.0512. The van der Waals surface area contributed by atoms with E-state index in [2.05, 4.69) is 10.2 Å². The highest BCUT2D eigenvalue weighted by Gasteiger charge is 2.29. The van der Waals surface area contributed by atoms with Gasteiger partial charge in [0.2, 0.25) is 11.8 Å². The molecule has 0 radical (unpaired) electrons. The van der Waals surface area contributed by atoms with Crippen LogP contribution < -0.4 is 5.32 Å². The number of rotatable bonds is 2. The van der Waals surface area contributed by atoms with Crippen LogP contribution in [0.15, 0.2) is 0 Å². The Hall–Kier alpha value is -0.980. The molecule has 2 saturated heterocycles. The molecule has 0 aromatic heterocycles. The minimum atomic E-state index is -0.159. The molecular formula is C10H17N3O3. The van der Waals surface area contributed by atoms with Gasteiger partial charge in [0.05, 0.1) is 32.3 Å². The van der Waals surface area contributed by atoms with Crippen LogP contribution in [0, 0.1) is 0 Å². The Bertz CT molecular complexity index is 279. The molecule has 2 heterocycles. The first kappa shape index (κ1) is 11.5.